The number of hydrogen-bond acceptors (Lipinski definition) is 7. The zero-order valence-corrected chi connectivity index (χ0v) is 16.0. The molecular weight excluding hydrogens is 332 g/mol. The number of esters is 1. The maximum Gasteiger partial charge on any atom is 0.342 e. The first-order valence-electron chi connectivity index (χ1n) is 9.43. The summed E-state index contributed by atoms with van der Waals surface area (Å²) < 4.78 is 10.8. The van der Waals surface area contributed by atoms with Gasteiger partial charge in [0.15, 0.2) is 0 Å². The lowest BCUT2D eigenvalue weighted by Gasteiger charge is -2.39. The van der Waals surface area contributed by atoms with Gasteiger partial charge < -0.3 is 14.5 Å². The number of aryl methyl sites for hydroxylation is 1. The standard InChI is InChI=1S/C19H28N4O3/c1-5-25-19(24)15-14(4)26-18-16(15)17(21-11-22-18)20-9-10-23-12(2)7-6-8-13(23)3/h11-13H,5-10H2,1-4H3,(H,20,21,22)/t12-,13-/m1/s1. The zero-order chi connectivity index (χ0) is 18.7. The van der Waals surface area contributed by atoms with Gasteiger partial charge in [-0.25, -0.2) is 14.8 Å². The molecule has 2 atom stereocenters. The normalized spacial score (nSPS) is 21.1. The van der Waals surface area contributed by atoms with Gasteiger partial charge >= 0.3 is 5.97 Å². The number of hydrogen-bond donors (Lipinski definition) is 1. The summed E-state index contributed by atoms with van der Waals surface area (Å²) in [5, 5.41) is 3.97. The van der Waals surface area contributed by atoms with Gasteiger partial charge in [0.2, 0.25) is 5.71 Å². The van der Waals surface area contributed by atoms with E-state index in [1.807, 2.05) is 0 Å². The van der Waals surface area contributed by atoms with Crippen molar-refractivity contribution in [3.63, 3.8) is 0 Å². The molecular formula is C19H28N4O3. The first kappa shape index (κ1) is 18.6. The van der Waals surface area contributed by atoms with E-state index in [0.29, 0.717) is 46.9 Å². The Bertz CT molecular complexity index is 763. The molecule has 0 aromatic carbocycles. The second-order valence-corrected chi connectivity index (χ2v) is 6.95. The van der Waals surface area contributed by atoms with Crippen molar-refractivity contribution < 1.29 is 13.9 Å². The Morgan fingerprint density at radius 1 is 1.35 bits per heavy atom. The number of furan rings is 1. The molecule has 1 saturated heterocycles. The quantitative estimate of drug-likeness (QED) is 0.791. The van der Waals surface area contributed by atoms with E-state index in [1.165, 1.54) is 25.6 Å². The van der Waals surface area contributed by atoms with E-state index in [-0.39, 0.29) is 0 Å². The molecule has 0 bridgehead atoms. The van der Waals surface area contributed by atoms with Gasteiger partial charge in [-0.2, -0.15) is 0 Å². The molecule has 26 heavy (non-hydrogen) atoms. The average molecular weight is 360 g/mol. The maximum absolute atomic E-state index is 12.3. The molecule has 2 aromatic rings. The number of carbonyl (C=O) groups excluding carboxylic acids is 1. The van der Waals surface area contributed by atoms with Crippen LogP contribution in [0.2, 0.25) is 0 Å². The van der Waals surface area contributed by atoms with E-state index in [2.05, 4.69) is 34.0 Å². The Morgan fingerprint density at radius 3 is 2.77 bits per heavy atom. The van der Waals surface area contributed by atoms with Crippen LogP contribution in [0.15, 0.2) is 10.7 Å². The third kappa shape index (κ3) is 3.67. The summed E-state index contributed by atoms with van der Waals surface area (Å²) in [5.41, 5.74) is 0.812. The highest BCUT2D eigenvalue weighted by Crippen LogP contribution is 2.29. The van der Waals surface area contributed by atoms with Crippen LogP contribution in [0.4, 0.5) is 5.82 Å². The van der Waals surface area contributed by atoms with Crippen molar-refractivity contribution in [2.24, 2.45) is 0 Å². The highest BCUT2D eigenvalue weighted by molar-refractivity contribution is 6.07. The molecule has 0 amide bonds. The van der Waals surface area contributed by atoms with E-state index < -0.39 is 5.97 Å². The molecule has 0 aliphatic carbocycles. The molecule has 1 fully saturated rings. The minimum atomic E-state index is -0.403. The fourth-order valence-electron chi connectivity index (χ4n) is 3.85. The van der Waals surface area contributed by atoms with Crippen LogP contribution < -0.4 is 5.32 Å². The lowest BCUT2D eigenvalue weighted by molar-refractivity contribution is 0.0526. The van der Waals surface area contributed by atoms with Crippen LogP contribution in [-0.4, -0.2) is 52.6 Å². The summed E-state index contributed by atoms with van der Waals surface area (Å²) in [5.74, 6) is 0.715. The van der Waals surface area contributed by atoms with Gasteiger partial charge in [-0.3, -0.25) is 4.90 Å². The number of aromatic nitrogens is 2. The summed E-state index contributed by atoms with van der Waals surface area (Å²) in [4.78, 5) is 23.3. The molecule has 2 aromatic heterocycles. The molecule has 7 nitrogen and oxygen atoms in total. The molecule has 1 aliphatic rings. The predicted octanol–water partition coefficient (Wildman–Crippen LogP) is 3.38. The van der Waals surface area contributed by atoms with Crippen LogP contribution in [0.25, 0.3) is 11.1 Å². The van der Waals surface area contributed by atoms with Crippen molar-refractivity contribution >= 4 is 22.9 Å². The van der Waals surface area contributed by atoms with Crippen LogP contribution in [-0.2, 0) is 4.74 Å². The molecule has 0 spiro atoms. The van der Waals surface area contributed by atoms with Crippen LogP contribution in [0.3, 0.4) is 0 Å². The summed E-state index contributed by atoms with van der Waals surface area (Å²) in [6, 6.07) is 1.19. The highest BCUT2D eigenvalue weighted by atomic mass is 16.5. The number of ether oxygens (including phenoxy) is 1. The van der Waals surface area contributed by atoms with Crippen molar-refractivity contribution in [1.82, 2.24) is 14.9 Å². The molecule has 1 N–H and O–H groups in total. The van der Waals surface area contributed by atoms with Crippen LogP contribution in [0.1, 0.15) is 56.2 Å². The number of rotatable bonds is 6. The Hall–Kier alpha value is -2.15. The minimum absolute atomic E-state index is 0.312. The van der Waals surface area contributed by atoms with Gasteiger partial charge in [-0.05, 0) is 40.5 Å². The predicted molar refractivity (Wildman–Crippen MR) is 100 cm³/mol. The lowest BCUT2D eigenvalue weighted by Crippen LogP contribution is -2.45. The average Bonchev–Trinajstić information content (AvgIpc) is 2.94. The molecule has 1 aliphatic heterocycles. The first-order valence-corrected chi connectivity index (χ1v) is 9.43. The van der Waals surface area contributed by atoms with Crippen molar-refractivity contribution in [1.29, 1.82) is 0 Å². The summed E-state index contributed by atoms with van der Waals surface area (Å²) in [6.07, 6.45) is 5.25. The van der Waals surface area contributed by atoms with Crippen molar-refractivity contribution in [2.45, 2.75) is 59.0 Å². The molecule has 7 heteroatoms. The molecule has 0 saturated carbocycles. The first-order chi connectivity index (χ1) is 12.5. The molecule has 142 valence electrons. The van der Waals surface area contributed by atoms with E-state index in [9.17, 15) is 4.79 Å². The van der Waals surface area contributed by atoms with Gasteiger partial charge in [0, 0.05) is 25.2 Å². The number of fused-ring (bicyclic) bond motifs is 1. The van der Waals surface area contributed by atoms with Crippen LogP contribution in [0, 0.1) is 6.92 Å². The summed E-state index contributed by atoms with van der Waals surface area (Å²) in [6.45, 7) is 10.1. The smallest absolute Gasteiger partial charge is 0.342 e. The summed E-state index contributed by atoms with van der Waals surface area (Å²) in [7, 11) is 0. The minimum Gasteiger partial charge on any atom is -0.462 e. The Balaban J connectivity index is 1.78. The van der Waals surface area contributed by atoms with E-state index in [0.717, 1.165) is 13.1 Å². The third-order valence-corrected chi connectivity index (χ3v) is 5.18. The van der Waals surface area contributed by atoms with E-state index in [1.54, 1.807) is 13.8 Å². The second kappa shape index (κ2) is 8.03. The monoisotopic (exact) mass is 360 g/mol. The van der Waals surface area contributed by atoms with Gasteiger partial charge in [-0.15, -0.1) is 0 Å². The van der Waals surface area contributed by atoms with Crippen molar-refractivity contribution in [2.75, 3.05) is 25.0 Å². The van der Waals surface area contributed by atoms with Gasteiger partial charge in [-0.1, -0.05) is 6.42 Å². The number of piperidine rings is 1. The molecule has 0 unspecified atom stereocenters. The molecule has 0 radical (unpaired) electrons. The Morgan fingerprint density at radius 2 is 2.08 bits per heavy atom. The fraction of sp³-hybridized carbons (Fsp3) is 0.632. The van der Waals surface area contributed by atoms with Gasteiger partial charge in [0.05, 0.1) is 12.0 Å². The Labute approximate surface area is 154 Å². The highest BCUT2D eigenvalue weighted by Gasteiger charge is 2.25. The van der Waals surface area contributed by atoms with E-state index >= 15 is 0 Å². The number of anilines is 1. The largest absolute Gasteiger partial charge is 0.462 e. The lowest BCUT2D eigenvalue weighted by atomic mass is 9.98. The fourth-order valence-corrected chi connectivity index (χ4v) is 3.85. The topological polar surface area (TPSA) is 80.5 Å². The van der Waals surface area contributed by atoms with Gasteiger partial charge in [0.25, 0.3) is 0 Å². The van der Waals surface area contributed by atoms with Crippen molar-refractivity contribution in [3.05, 3.63) is 17.7 Å². The third-order valence-electron chi connectivity index (χ3n) is 5.18. The number of nitrogens with zero attached hydrogens (tertiary/aromatic N) is 3. The maximum atomic E-state index is 12.3. The summed E-state index contributed by atoms with van der Waals surface area (Å²) >= 11 is 0. The van der Waals surface area contributed by atoms with Gasteiger partial charge in [0.1, 0.15) is 23.5 Å². The Kier molecular flexibility index (Phi) is 5.76. The number of likely N-dealkylation sites (tertiary alicyclic amines) is 1. The van der Waals surface area contributed by atoms with E-state index in [4.69, 9.17) is 9.15 Å². The van der Waals surface area contributed by atoms with Crippen LogP contribution in [0.5, 0.6) is 0 Å². The van der Waals surface area contributed by atoms with Crippen LogP contribution >= 0.6 is 0 Å². The number of nitrogens with one attached hydrogen (secondary N) is 1. The zero-order valence-electron chi connectivity index (χ0n) is 16.0. The SMILES string of the molecule is CCOC(=O)c1c(C)oc2ncnc(NCCN3[C@H](C)CCC[C@H]3C)c12. The second-order valence-electron chi connectivity index (χ2n) is 6.95. The number of carbonyl (C=O) groups is 1. The van der Waals surface area contributed by atoms with Crippen molar-refractivity contribution in [3.8, 4) is 0 Å². The molecule has 3 heterocycles. The molecule has 3 rings (SSSR count).